The summed E-state index contributed by atoms with van der Waals surface area (Å²) in [6, 6.07) is 4.05. The first-order valence-corrected chi connectivity index (χ1v) is 9.84. The van der Waals surface area contributed by atoms with Crippen molar-refractivity contribution in [2.45, 2.75) is 12.5 Å². The summed E-state index contributed by atoms with van der Waals surface area (Å²) in [7, 11) is 0. The van der Waals surface area contributed by atoms with Crippen molar-refractivity contribution < 1.29 is 27.8 Å². The minimum absolute atomic E-state index is 0.00456. The quantitative estimate of drug-likeness (QED) is 0.623. The maximum atomic E-state index is 13.4. The number of ether oxygens (including phenoxy) is 1. The molecule has 1 aromatic heterocycles. The number of carbonyl (C=O) groups excluding carboxylic acids is 1. The molecule has 0 spiro atoms. The van der Waals surface area contributed by atoms with E-state index in [-0.39, 0.29) is 23.1 Å². The minimum atomic E-state index is -2.74. The number of nitrogens with zero attached hydrogens (tertiary/aromatic N) is 4. The molecule has 0 unspecified atom stereocenters. The lowest BCUT2D eigenvalue weighted by atomic mass is 10.3. The van der Waals surface area contributed by atoms with Crippen LogP contribution in [0.1, 0.15) is 22.6 Å². The van der Waals surface area contributed by atoms with Crippen LogP contribution >= 0.6 is 11.6 Å². The minimum Gasteiger partial charge on any atom is -0.491 e. The third-order valence-electron chi connectivity index (χ3n) is 4.56. The predicted octanol–water partition coefficient (Wildman–Crippen LogP) is 1.91. The van der Waals surface area contributed by atoms with Crippen molar-refractivity contribution in [2.24, 2.45) is 0 Å². The molecule has 31 heavy (non-hydrogen) atoms. The van der Waals surface area contributed by atoms with Gasteiger partial charge in [0.15, 0.2) is 0 Å². The summed E-state index contributed by atoms with van der Waals surface area (Å²) < 4.78 is 43.8. The molecule has 1 amide bonds. The number of benzene rings is 1. The van der Waals surface area contributed by atoms with Gasteiger partial charge in [0.05, 0.1) is 17.4 Å². The van der Waals surface area contributed by atoms with E-state index in [9.17, 15) is 23.1 Å². The first-order chi connectivity index (χ1) is 14.8. The van der Waals surface area contributed by atoms with Crippen molar-refractivity contribution in [3.05, 3.63) is 52.8 Å². The van der Waals surface area contributed by atoms with E-state index in [0.29, 0.717) is 32.7 Å². The molecule has 2 aromatic rings. The van der Waals surface area contributed by atoms with Gasteiger partial charge in [-0.2, -0.15) is 0 Å². The maximum absolute atomic E-state index is 13.4. The average Bonchev–Trinajstić information content (AvgIpc) is 2.76. The number of aliphatic hydroxyl groups excluding tert-OH is 1. The number of hydrazine groups is 1. The van der Waals surface area contributed by atoms with Crippen molar-refractivity contribution in [1.82, 2.24) is 25.3 Å². The number of hydrogen-bond donors (Lipinski definition) is 2. The smallest absolute Gasteiger partial charge is 0.285 e. The van der Waals surface area contributed by atoms with Crippen LogP contribution in [0.2, 0.25) is 5.02 Å². The van der Waals surface area contributed by atoms with Gasteiger partial charge >= 0.3 is 0 Å². The second-order valence-electron chi connectivity index (χ2n) is 6.90. The Morgan fingerprint density at radius 1 is 1.23 bits per heavy atom. The van der Waals surface area contributed by atoms with Gasteiger partial charge in [-0.3, -0.25) is 20.1 Å². The Balaban J connectivity index is 1.38. The first kappa shape index (κ1) is 23.2. The van der Waals surface area contributed by atoms with Gasteiger partial charge in [-0.25, -0.2) is 23.2 Å². The molecule has 1 fully saturated rings. The SMILES string of the molecule is O=C(NN1CCN(C[C@H](O)COc2ccc(Cl)c(F)c2)CC1)c1cnc(C(F)F)cn1. The normalized spacial score (nSPS) is 16.3. The summed E-state index contributed by atoms with van der Waals surface area (Å²) in [6.45, 7) is 2.46. The lowest BCUT2D eigenvalue weighted by molar-refractivity contribution is 0.0315. The van der Waals surface area contributed by atoms with E-state index < -0.39 is 29.9 Å². The Labute approximate surface area is 181 Å². The van der Waals surface area contributed by atoms with Crippen LogP contribution in [0.25, 0.3) is 0 Å². The average molecular weight is 460 g/mol. The molecule has 168 valence electrons. The number of rotatable bonds is 8. The van der Waals surface area contributed by atoms with Gasteiger partial charge in [0.25, 0.3) is 12.3 Å². The highest BCUT2D eigenvalue weighted by Gasteiger charge is 2.22. The Morgan fingerprint density at radius 3 is 2.58 bits per heavy atom. The highest BCUT2D eigenvalue weighted by molar-refractivity contribution is 6.30. The first-order valence-electron chi connectivity index (χ1n) is 9.46. The molecule has 0 aliphatic carbocycles. The molecule has 1 aliphatic rings. The van der Waals surface area contributed by atoms with Crippen LogP contribution in [0.15, 0.2) is 30.6 Å². The summed E-state index contributed by atoms with van der Waals surface area (Å²) in [5, 5.41) is 11.8. The molecule has 12 heteroatoms. The zero-order chi connectivity index (χ0) is 22.4. The zero-order valence-electron chi connectivity index (χ0n) is 16.3. The van der Waals surface area contributed by atoms with Gasteiger partial charge in [-0.1, -0.05) is 11.6 Å². The summed E-state index contributed by atoms with van der Waals surface area (Å²) in [6.07, 6.45) is -1.65. The van der Waals surface area contributed by atoms with Crippen molar-refractivity contribution >= 4 is 17.5 Å². The number of amides is 1. The van der Waals surface area contributed by atoms with Crippen molar-refractivity contribution in [3.63, 3.8) is 0 Å². The molecule has 0 bridgehead atoms. The second-order valence-corrected chi connectivity index (χ2v) is 7.30. The largest absolute Gasteiger partial charge is 0.491 e. The number of piperazine rings is 1. The Hall–Kier alpha value is -2.47. The fraction of sp³-hybridized carbons (Fsp3) is 0.421. The van der Waals surface area contributed by atoms with Gasteiger partial charge in [-0.15, -0.1) is 0 Å². The van der Waals surface area contributed by atoms with Gasteiger partial charge in [-0.05, 0) is 12.1 Å². The molecule has 0 radical (unpaired) electrons. The van der Waals surface area contributed by atoms with Crippen LogP contribution in [0.4, 0.5) is 13.2 Å². The van der Waals surface area contributed by atoms with Crippen LogP contribution in [0, 0.1) is 5.82 Å². The number of nitrogens with one attached hydrogen (secondary N) is 1. The summed E-state index contributed by atoms with van der Waals surface area (Å²) in [5.74, 6) is -0.855. The van der Waals surface area contributed by atoms with Crippen molar-refractivity contribution in [1.29, 1.82) is 0 Å². The number of aliphatic hydroxyl groups is 1. The van der Waals surface area contributed by atoms with E-state index in [1.807, 2.05) is 4.90 Å². The molecule has 1 atom stereocenters. The zero-order valence-corrected chi connectivity index (χ0v) is 17.1. The molecule has 8 nitrogen and oxygen atoms in total. The topological polar surface area (TPSA) is 90.8 Å². The molecule has 3 rings (SSSR count). The highest BCUT2D eigenvalue weighted by atomic mass is 35.5. The molecule has 2 heterocycles. The van der Waals surface area contributed by atoms with Crippen molar-refractivity contribution in [3.8, 4) is 5.75 Å². The number of halogens is 4. The van der Waals surface area contributed by atoms with Gasteiger partial charge in [0.1, 0.15) is 35.7 Å². The number of aromatic nitrogens is 2. The predicted molar refractivity (Wildman–Crippen MR) is 105 cm³/mol. The van der Waals surface area contributed by atoms with Crippen LogP contribution < -0.4 is 10.2 Å². The lowest BCUT2D eigenvalue weighted by Crippen LogP contribution is -2.55. The maximum Gasteiger partial charge on any atom is 0.285 e. The molecule has 2 N–H and O–H groups in total. The molecule has 1 saturated heterocycles. The van der Waals surface area contributed by atoms with Crippen LogP contribution in [0.3, 0.4) is 0 Å². The third kappa shape index (κ3) is 6.76. The second kappa shape index (κ2) is 10.7. The molecular formula is C19H21ClF3N5O3. The van der Waals surface area contributed by atoms with Crippen molar-refractivity contribution in [2.75, 3.05) is 39.3 Å². The molecule has 0 saturated carbocycles. The Bertz CT molecular complexity index is 883. The highest BCUT2D eigenvalue weighted by Crippen LogP contribution is 2.20. The summed E-state index contributed by atoms with van der Waals surface area (Å²) in [5.41, 5.74) is 2.11. The van der Waals surface area contributed by atoms with E-state index in [1.54, 1.807) is 5.01 Å². The number of β-amino-alcohol motifs (C(OH)–C–C–N with tert-alkyl or cyclic N) is 1. The van der Waals surface area contributed by atoms with Crippen LogP contribution in [-0.2, 0) is 0 Å². The number of carbonyl (C=O) groups is 1. The van der Waals surface area contributed by atoms with Gasteiger partial charge in [0, 0.05) is 38.8 Å². The van der Waals surface area contributed by atoms with Crippen LogP contribution in [0.5, 0.6) is 5.75 Å². The number of hydrogen-bond acceptors (Lipinski definition) is 7. The molecular weight excluding hydrogens is 439 g/mol. The van der Waals surface area contributed by atoms with E-state index in [0.717, 1.165) is 18.5 Å². The number of alkyl halides is 2. The Morgan fingerprint density at radius 2 is 1.97 bits per heavy atom. The van der Waals surface area contributed by atoms with E-state index in [4.69, 9.17) is 16.3 Å². The fourth-order valence-corrected chi connectivity index (χ4v) is 3.04. The summed E-state index contributed by atoms with van der Waals surface area (Å²) in [4.78, 5) is 21.4. The van der Waals surface area contributed by atoms with Gasteiger partial charge < -0.3 is 9.84 Å². The third-order valence-corrected chi connectivity index (χ3v) is 4.87. The molecule has 1 aliphatic heterocycles. The summed E-state index contributed by atoms with van der Waals surface area (Å²) >= 11 is 5.62. The van der Waals surface area contributed by atoms with Gasteiger partial charge in [0.2, 0.25) is 0 Å². The lowest BCUT2D eigenvalue weighted by Gasteiger charge is -2.35. The van der Waals surface area contributed by atoms with E-state index in [2.05, 4.69) is 15.4 Å². The standard InChI is InChI=1S/C19H21ClF3N5O3/c20-14-2-1-13(7-15(14)21)31-11-12(29)10-27-3-5-28(6-4-27)26-19(30)17-9-24-16(8-25-17)18(22)23/h1-2,7-9,12,18,29H,3-6,10-11H2,(H,26,30)/t12-/m0/s1. The Kier molecular flexibility index (Phi) is 8.02. The van der Waals surface area contributed by atoms with Crippen LogP contribution in [-0.4, -0.2) is 76.3 Å². The fourth-order valence-electron chi connectivity index (χ4n) is 2.92. The van der Waals surface area contributed by atoms with E-state index in [1.165, 1.54) is 12.1 Å². The van der Waals surface area contributed by atoms with E-state index >= 15 is 0 Å². The monoisotopic (exact) mass is 459 g/mol. The molecule has 1 aromatic carbocycles.